The minimum Gasteiger partial charge on any atom is -0.368 e. The molecular formula is C11H15N5. The molecule has 0 radical (unpaired) electrons. The van der Waals surface area contributed by atoms with Crippen molar-refractivity contribution in [1.82, 2.24) is 19.7 Å². The zero-order valence-corrected chi connectivity index (χ0v) is 9.68. The highest BCUT2D eigenvalue weighted by Gasteiger charge is 2.08. The van der Waals surface area contributed by atoms with Crippen molar-refractivity contribution in [3.05, 3.63) is 24.2 Å². The maximum Gasteiger partial charge on any atom is 0.220 e. The van der Waals surface area contributed by atoms with E-state index in [1.807, 2.05) is 17.8 Å². The van der Waals surface area contributed by atoms with Crippen LogP contribution < -0.4 is 5.73 Å². The summed E-state index contributed by atoms with van der Waals surface area (Å²) in [6.07, 6.45) is 5.50. The smallest absolute Gasteiger partial charge is 0.220 e. The zero-order chi connectivity index (χ0) is 11.7. The molecule has 0 atom stereocenters. The summed E-state index contributed by atoms with van der Waals surface area (Å²) in [5, 5.41) is 4.28. The first kappa shape index (κ1) is 10.6. The molecule has 0 unspecified atom stereocenters. The average Bonchev–Trinajstić information content (AvgIpc) is 2.70. The van der Waals surface area contributed by atoms with Gasteiger partial charge in [-0.2, -0.15) is 5.10 Å². The lowest BCUT2D eigenvalue weighted by molar-refractivity contribution is 0.532. The van der Waals surface area contributed by atoms with Gasteiger partial charge in [0, 0.05) is 24.0 Å². The molecular weight excluding hydrogens is 202 g/mol. The van der Waals surface area contributed by atoms with Crippen molar-refractivity contribution in [1.29, 1.82) is 0 Å². The van der Waals surface area contributed by atoms with Gasteiger partial charge in [-0.3, -0.25) is 4.68 Å². The summed E-state index contributed by atoms with van der Waals surface area (Å²) in [7, 11) is 0. The number of nitrogens with two attached hydrogens (primary N) is 1. The number of nitrogens with zero attached hydrogens (tertiary/aromatic N) is 4. The van der Waals surface area contributed by atoms with Crippen molar-refractivity contribution in [2.75, 3.05) is 5.73 Å². The van der Waals surface area contributed by atoms with E-state index in [-0.39, 0.29) is 5.95 Å². The number of aryl methyl sites for hydroxylation is 1. The third-order valence-corrected chi connectivity index (χ3v) is 2.39. The molecule has 84 valence electrons. The Balaban J connectivity index is 2.46. The molecule has 2 aromatic heterocycles. The summed E-state index contributed by atoms with van der Waals surface area (Å²) in [6.45, 7) is 6.12. The minimum absolute atomic E-state index is 0.290. The summed E-state index contributed by atoms with van der Waals surface area (Å²) in [6, 6.07) is 0.341. The number of anilines is 1. The van der Waals surface area contributed by atoms with Crippen LogP contribution in [-0.4, -0.2) is 19.7 Å². The zero-order valence-electron chi connectivity index (χ0n) is 9.68. The Morgan fingerprint density at radius 3 is 2.69 bits per heavy atom. The molecule has 16 heavy (non-hydrogen) atoms. The van der Waals surface area contributed by atoms with Gasteiger partial charge in [-0.15, -0.1) is 0 Å². The molecule has 5 nitrogen and oxygen atoms in total. The number of rotatable bonds is 2. The van der Waals surface area contributed by atoms with Gasteiger partial charge in [-0.05, 0) is 26.3 Å². The molecule has 0 aliphatic carbocycles. The third-order valence-electron chi connectivity index (χ3n) is 2.39. The third kappa shape index (κ3) is 1.88. The monoisotopic (exact) mass is 217 g/mol. The second kappa shape index (κ2) is 3.92. The highest BCUT2D eigenvalue weighted by Crippen LogP contribution is 2.21. The Morgan fingerprint density at radius 1 is 1.31 bits per heavy atom. The van der Waals surface area contributed by atoms with Crippen molar-refractivity contribution in [2.24, 2.45) is 0 Å². The summed E-state index contributed by atoms with van der Waals surface area (Å²) in [5.74, 6) is 0.290. The fraction of sp³-hybridized carbons (Fsp3) is 0.364. The van der Waals surface area contributed by atoms with E-state index in [9.17, 15) is 0 Å². The summed E-state index contributed by atoms with van der Waals surface area (Å²) in [4.78, 5) is 8.18. The highest BCUT2D eigenvalue weighted by molar-refractivity contribution is 5.61. The van der Waals surface area contributed by atoms with Crippen molar-refractivity contribution in [2.45, 2.75) is 26.8 Å². The summed E-state index contributed by atoms with van der Waals surface area (Å²) >= 11 is 0. The number of hydrogen-bond acceptors (Lipinski definition) is 4. The summed E-state index contributed by atoms with van der Waals surface area (Å²) < 4.78 is 1.90. The molecule has 0 aromatic carbocycles. The van der Waals surface area contributed by atoms with Crippen LogP contribution >= 0.6 is 0 Å². The second-order valence-corrected chi connectivity index (χ2v) is 4.06. The maximum absolute atomic E-state index is 5.58. The molecule has 0 aliphatic heterocycles. The van der Waals surface area contributed by atoms with Crippen LogP contribution in [0.5, 0.6) is 0 Å². The molecule has 2 heterocycles. The number of hydrogen-bond donors (Lipinski definition) is 1. The van der Waals surface area contributed by atoms with Gasteiger partial charge in [-0.25, -0.2) is 9.97 Å². The van der Waals surface area contributed by atoms with E-state index >= 15 is 0 Å². The highest BCUT2D eigenvalue weighted by atomic mass is 15.3. The fourth-order valence-corrected chi connectivity index (χ4v) is 1.49. The first-order valence-corrected chi connectivity index (χ1v) is 5.21. The molecule has 0 saturated heterocycles. The first-order valence-electron chi connectivity index (χ1n) is 5.21. The van der Waals surface area contributed by atoms with E-state index in [2.05, 4.69) is 28.9 Å². The quantitative estimate of drug-likeness (QED) is 0.832. The Morgan fingerprint density at radius 2 is 2.06 bits per heavy atom. The van der Waals surface area contributed by atoms with Gasteiger partial charge < -0.3 is 5.73 Å². The lowest BCUT2D eigenvalue weighted by Gasteiger charge is -2.04. The minimum atomic E-state index is 0.290. The largest absolute Gasteiger partial charge is 0.368 e. The van der Waals surface area contributed by atoms with Crippen molar-refractivity contribution >= 4 is 5.95 Å². The lowest BCUT2D eigenvalue weighted by Crippen LogP contribution is -2.00. The molecule has 0 amide bonds. The Labute approximate surface area is 94.3 Å². The van der Waals surface area contributed by atoms with Crippen LogP contribution in [0.2, 0.25) is 0 Å². The van der Waals surface area contributed by atoms with Gasteiger partial charge in [0.05, 0.1) is 11.9 Å². The molecule has 0 spiro atoms. The molecule has 0 bridgehead atoms. The van der Waals surface area contributed by atoms with Crippen LogP contribution in [0.15, 0.2) is 18.6 Å². The van der Waals surface area contributed by atoms with Gasteiger partial charge in [0.25, 0.3) is 0 Å². The second-order valence-electron chi connectivity index (χ2n) is 4.06. The van der Waals surface area contributed by atoms with Gasteiger partial charge >= 0.3 is 0 Å². The van der Waals surface area contributed by atoms with Gasteiger partial charge in [0.15, 0.2) is 0 Å². The van der Waals surface area contributed by atoms with Crippen LogP contribution in [0.4, 0.5) is 5.95 Å². The van der Waals surface area contributed by atoms with Crippen molar-refractivity contribution in [3.63, 3.8) is 0 Å². The molecule has 0 aliphatic rings. The van der Waals surface area contributed by atoms with Crippen molar-refractivity contribution in [3.8, 4) is 11.3 Å². The topological polar surface area (TPSA) is 69.6 Å². The Hall–Kier alpha value is -1.91. The molecule has 2 N–H and O–H groups in total. The molecule has 2 rings (SSSR count). The molecule has 0 fully saturated rings. The van der Waals surface area contributed by atoms with E-state index < -0.39 is 0 Å². The lowest BCUT2D eigenvalue weighted by atomic mass is 10.1. The van der Waals surface area contributed by atoms with Crippen LogP contribution in [0, 0.1) is 6.92 Å². The Kier molecular flexibility index (Phi) is 2.60. The predicted molar refractivity (Wildman–Crippen MR) is 62.8 cm³/mol. The van der Waals surface area contributed by atoms with Crippen molar-refractivity contribution < 1.29 is 0 Å². The van der Waals surface area contributed by atoms with E-state index in [1.165, 1.54) is 0 Å². The molecule has 0 saturated carbocycles. The van der Waals surface area contributed by atoms with E-state index in [1.54, 1.807) is 12.4 Å². The summed E-state index contributed by atoms with van der Waals surface area (Å²) in [5.41, 5.74) is 8.40. The molecule has 5 heteroatoms. The number of aromatic nitrogens is 4. The normalized spacial score (nSPS) is 11.0. The Bertz CT molecular complexity index is 501. The van der Waals surface area contributed by atoms with Crippen LogP contribution in [-0.2, 0) is 0 Å². The van der Waals surface area contributed by atoms with Crippen LogP contribution in [0.1, 0.15) is 25.5 Å². The molecule has 2 aromatic rings. The van der Waals surface area contributed by atoms with Gasteiger partial charge in [-0.1, -0.05) is 0 Å². The van der Waals surface area contributed by atoms with E-state index in [4.69, 9.17) is 5.73 Å². The standard InChI is InChI=1S/C11H15N5/c1-7(2)16-6-9(5-14-16)10-8(3)4-13-11(12)15-10/h4-7H,1-3H3,(H2,12,13,15). The number of nitrogen functional groups attached to an aromatic ring is 1. The fourth-order valence-electron chi connectivity index (χ4n) is 1.49. The SMILES string of the molecule is Cc1cnc(N)nc1-c1cnn(C(C)C)c1. The predicted octanol–water partition coefficient (Wildman–Crippen LogP) is 1.81. The van der Waals surface area contributed by atoms with Crippen LogP contribution in [0.3, 0.4) is 0 Å². The van der Waals surface area contributed by atoms with E-state index in [0.717, 1.165) is 16.8 Å². The van der Waals surface area contributed by atoms with E-state index in [0.29, 0.717) is 6.04 Å². The maximum atomic E-state index is 5.58. The van der Waals surface area contributed by atoms with Crippen LogP contribution in [0.25, 0.3) is 11.3 Å². The van der Waals surface area contributed by atoms with Gasteiger partial charge in [0.1, 0.15) is 0 Å². The van der Waals surface area contributed by atoms with Gasteiger partial charge in [0.2, 0.25) is 5.95 Å². The first-order chi connectivity index (χ1) is 7.58. The average molecular weight is 217 g/mol.